The molecule has 170 valence electrons. The third-order valence-electron chi connectivity index (χ3n) is 5.31. The smallest absolute Gasteiger partial charge is 0.235 e. The highest BCUT2D eigenvalue weighted by atomic mass is 32.2. The number of nitrogens with zero attached hydrogens (tertiary/aromatic N) is 3. The van der Waals surface area contributed by atoms with E-state index in [9.17, 15) is 8.42 Å². The van der Waals surface area contributed by atoms with Crippen molar-refractivity contribution in [3.8, 4) is 11.5 Å². The molecule has 1 saturated heterocycles. The molecule has 0 saturated carbocycles. The quantitative estimate of drug-likeness (QED) is 0.436. The molecular formula is C23H24N6O3S. The lowest BCUT2D eigenvalue weighted by atomic mass is 10.0. The van der Waals surface area contributed by atoms with E-state index >= 15 is 0 Å². The standard InChI is InChI=1S/C23H24N6O3S/c1-2-33(30,31)29-13-12-17(14-29)28-23-20(22(25)26-15-27-23)21(24)16-8-10-19(11-9-16)32-18-6-4-3-5-7-18/h2-11,15,17,24H,1,12-14H2,(H3,25,26,27,28). The van der Waals surface area contributed by atoms with Crippen molar-refractivity contribution < 1.29 is 13.2 Å². The van der Waals surface area contributed by atoms with E-state index in [4.69, 9.17) is 15.9 Å². The first-order chi connectivity index (χ1) is 15.9. The molecule has 2 aromatic carbocycles. The van der Waals surface area contributed by atoms with Crippen LogP contribution in [0.1, 0.15) is 17.5 Å². The number of hydrogen-bond donors (Lipinski definition) is 3. The first kappa shape index (κ1) is 22.4. The van der Waals surface area contributed by atoms with E-state index in [1.54, 1.807) is 24.3 Å². The van der Waals surface area contributed by atoms with E-state index in [2.05, 4.69) is 21.9 Å². The number of nitrogens with one attached hydrogen (secondary N) is 2. The minimum atomic E-state index is -3.48. The van der Waals surface area contributed by atoms with Gasteiger partial charge in [0, 0.05) is 30.1 Å². The SMILES string of the molecule is C=CS(=O)(=O)N1CCC(Nc2ncnc(N)c2C(=N)c2ccc(Oc3ccccc3)cc2)C1. The van der Waals surface area contributed by atoms with Gasteiger partial charge in [0.1, 0.15) is 29.5 Å². The first-order valence-electron chi connectivity index (χ1n) is 10.3. The molecule has 1 aliphatic heterocycles. The van der Waals surface area contributed by atoms with Crippen molar-refractivity contribution in [2.45, 2.75) is 12.5 Å². The minimum absolute atomic E-state index is 0.149. The normalized spacial score (nSPS) is 16.3. The monoisotopic (exact) mass is 464 g/mol. The minimum Gasteiger partial charge on any atom is -0.457 e. The van der Waals surface area contributed by atoms with Gasteiger partial charge in [-0.05, 0) is 42.8 Å². The molecule has 0 aliphatic carbocycles. The van der Waals surface area contributed by atoms with E-state index in [0.717, 1.165) is 11.2 Å². The van der Waals surface area contributed by atoms with Crippen LogP contribution >= 0.6 is 0 Å². The number of nitrogen functional groups attached to an aromatic ring is 1. The summed E-state index contributed by atoms with van der Waals surface area (Å²) in [6.07, 6.45) is 1.91. The molecular weight excluding hydrogens is 440 g/mol. The molecule has 0 bridgehead atoms. The molecule has 2 heterocycles. The Morgan fingerprint density at radius 2 is 1.85 bits per heavy atom. The Labute approximate surface area is 192 Å². The third kappa shape index (κ3) is 5.02. The number of ether oxygens (including phenoxy) is 1. The molecule has 0 amide bonds. The first-order valence-corrected chi connectivity index (χ1v) is 11.8. The predicted molar refractivity (Wildman–Crippen MR) is 128 cm³/mol. The van der Waals surface area contributed by atoms with Crippen LogP contribution in [0.2, 0.25) is 0 Å². The Hall–Kier alpha value is -3.76. The maximum atomic E-state index is 12.0. The summed E-state index contributed by atoms with van der Waals surface area (Å²) in [7, 11) is -3.48. The number of anilines is 2. The Balaban J connectivity index is 1.52. The summed E-state index contributed by atoms with van der Waals surface area (Å²) in [6, 6.07) is 16.3. The predicted octanol–water partition coefficient (Wildman–Crippen LogP) is 3.23. The summed E-state index contributed by atoms with van der Waals surface area (Å²) < 4.78 is 31.3. The van der Waals surface area contributed by atoms with Crippen molar-refractivity contribution in [1.29, 1.82) is 5.41 Å². The summed E-state index contributed by atoms with van der Waals surface area (Å²) in [6.45, 7) is 4.03. The second-order valence-corrected chi connectivity index (χ2v) is 9.38. The topological polar surface area (TPSA) is 134 Å². The number of benzene rings is 2. The number of nitrogens with two attached hydrogens (primary N) is 1. The van der Waals surface area contributed by atoms with Gasteiger partial charge in [0.15, 0.2) is 0 Å². The molecule has 0 radical (unpaired) electrons. The fraction of sp³-hybridized carbons (Fsp3) is 0.174. The van der Waals surface area contributed by atoms with Crippen molar-refractivity contribution in [2.24, 2.45) is 0 Å². The van der Waals surface area contributed by atoms with Crippen LogP contribution in [0.5, 0.6) is 11.5 Å². The molecule has 1 aliphatic rings. The van der Waals surface area contributed by atoms with Crippen LogP contribution in [0.15, 0.2) is 72.9 Å². The molecule has 1 atom stereocenters. The van der Waals surface area contributed by atoms with Gasteiger partial charge in [-0.1, -0.05) is 24.8 Å². The third-order valence-corrected chi connectivity index (χ3v) is 6.78. The van der Waals surface area contributed by atoms with Gasteiger partial charge in [0.2, 0.25) is 10.0 Å². The van der Waals surface area contributed by atoms with Gasteiger partial charge in [0.25, 0.3) is 0 Å². The lowest BCUT2D eigenvalue weighted by Crippen LogP contribution is -2.30. The average molecular weight is 465 g/mol. The Morgan fingerprint density at radius 3 is 2.55 bits per heavy atom. The van der Waals surface area contributed by atoms with Gasteiger partial charge in [-0.15, -0.1) is 0 Å². The Morgan fingerprint density at radius 1 is 1.15 bits per heavy atom. The molecule has 4 N–H and O–H groups in total. The Kier molecular flexibility index (Phi) is 6.38. The fourth-order valence-electron chi connectivity index (χ4n) is 3.59. The van der Waals surface area contributed by atoms with Crippen molar-refractivity contribution in [3.63, 3.8) is 0 Å². The van der Waals surface area contributed by atoms with E-state index in [-0.39, 0.29) is 24.1 Å². The molecule has 9 nitrogen and oxygen atoms in total. The van der Waals surface area contributed by atoms with Gasteiger partial charge in [-0.3, -0.25) is 5.41 Å². The summed E-state index contributed by atoms with van der Waals surface area (Å²) >= 11 is 0. The van der Waals surface area contributed by atoms with Crippen LogP contribution in [-0.2, 0) is 10.0 Å². The zero-order chi connectivity index (χ0) is 23.4. The lowest BCUT2D eigenvalue weighted by Gasteiger charge is -2.18. The van der Waals surface area contributed by atoms with Crippen LogP contribution in [0, 0.1) is 5.41 Å². The number of sulfonamides is 1. The van der Waals surface area contributed by atoms with Crippen LogP contribution in [0.4, 0.5) is 11.6 Å². The molecule has 1 fully saturated rings. The molecule has 1 aromatic heterocycles. The van der Waals surface area contributed by atoms with Crippen LogP contribution in [0.25, 0.3) is 0 Å². The molecule has 4 rings (SSSR count). The number of hydrogen-bond acceptors (Lipinski definition) is 8. The van der Waals surface area contributed by atoms with Gasteiger partial charge in [-0.2, -0.15) is 4.31 Å². The molecule has 1 unspecified atom stereocenters. The molecule has 0 spiro atoms. The van der Waals surface area contributed by atoms with Crippen molar-refractivity contribution >= 4 is 27.4 Å². The van der Waals surface area contributed by atoms with Gasteiger partial charge in [-0.25, -0.2) is 18.4 Å². The van der Waals surface area contributed by atoms with Crippen LogP contribution < -0.4 is 15.8 Å². The largest absolute Gasteiger partial charge is 0.457 e. The zero-order valence-electron chi connectivity index (χ0n) is 17.8. The molecule has 33 heavy (non-hydrogen) atoms. The van der Waals surface area contributed by atoms with Crippen molar-refractivity contribution in [2.75, 3.05) is 24.1 Å². The summed E-state index contributed by atoms with van der Waals surface area (Å²) in [4.78, 5) is 8.32. The fourth-order valence-corrected chi connectivity index (χ4v) is 4.55. The lowest BCUT2D eigenvalue weighted by molar-refractivity contribution is 0.482. The number of aromatic nitrogens is 2. The summed E-state index contributed by atoms with van der Waals surface area (Å²) in [5, 5.41) is 12.9. The highest BCUT2D eigenvalue weighted by Crippen LogP contribution is 2.27. The van der Waals surface area contributed by atoms with Gasteiger partial charge < -0.3 is 15.8 Å². The van der Waals surface area contributed by atoms with Gasteiger partial charge in [0.05, 0.1) is 11.3 Å². The maximum absolute atomic E-state index is 12.0. The van der Waals surface area contributed by atoms with Crippen molar-refractivity contribution in [3.05, 3.63) is 84.0 Å². The highest BCUT2D eigenvalue weighted by Gasteiger charge is 2.30. The van der Waals surface area contributed by atoms with E-state index in [0.29, 0.717) is 35.7 Å². The van der Waals surface area contributed by atoms with E-state index < -0.39 is 10.0 Å². The average Bonchev–Trinajstić information content (AvgIpc) is 3.29. The van der Waals surface area contributed by atoms with Crippen LogP contribution in [0.3, 0.4) is 0 Å². The molecule has 10 heteroatoms. The maximum Gasteiger partial charge on any atom is 0.235 e. The number of para-hydroxylation sites is 1. The van der Waals surface area contributed by atoms with Crippen molar-refractivity contribution in [1.82, 2.24) is 14.3 Å². The zero-order valence-corrected chi connectivity index (χ0v) is 18.6. The second kappa shape index (κ2) is 9.39. The summed E-state index contributed by atoms with van der Waals surface area (Å²) in [5.74, 6) is 1.91. The second-order valence-electron chi connectivity index (χ2n) is 7.50. The molecule has 3 aromatic rings. The van der Waals surface area contributed by atoms with E-state index in [1.165, 1.54) is 10.6 Å². The van der Waals surface area contributed by atoms with Gasteiger partial charge >= 0.3 is 0 Å². The Bertz CT molecular complexity index is 1260. The summed E-state index contributed by atoms with van der Waals surface area (Å²) in [5.41, 5.74) is 7.23. The highest BCUT2D eigenvalue weighted by molar-refractivity contribution is 7.92. The van der Waals surface area contributed by atoms with Crippen LogP contribution in [-0.4, -0.2) is 47.5 Å². The van der Waals surface area contributed by atoms with E-state index in [1.807, 2.05) is 30.3 Å². The number of rotatable bonds is 8.